The van der Waals surface area contributed by atoms with Crippen LogP contribution in [0.2, 0.25) is 0 Å². The second-order valence-corrected chi connectivity index (χ2v) is 5.11. The molecule has 4 N–H and O–H groups in total. The van der Waals surface area contributed by atoms with Gasteiger partial charge in [0.1, 0.15) is 11.4 Å². The van der Waals surface area contributed by atoms with E-state index >= 15 is 0 Å². The summed E-state index contributed by atoms with van der Waals surface area (Å²) in [5.74, 6) is -0.636. The second kappa shape index (κ2) is 5.13. The lowest BCUT2D eigenvalue weighted by Gasteiger charge is -2.19. The Morgan fingerprint density at radius 3 is 2.75 bits per heavy atom. The fourth-order valence-electron chi connectivity index (χ4n) is 2.83. The summed E-state index contributed by atoms with van der Waals surface area (Å²) in [4.78, 5) is 0. The number of nitrogen functional groups attached to an aromatic ring is 1. The predicted molar refractivity (Wildman–Crippen MR) is 77.3 cm³/mol. The normalized spacial score (nSPS) is 18.4. The standard InChI is InChI=1S/C16H17FN2O/c17-15-11-6-7-19-9-13(10-4-2-1-3-5-10)12(11)8-14(20)16(15)18/h1-5,8,13,19-20H,6-7,9,18H2. The number of hydrogen-bond donors (Lipinski definition) is 3. The van der Waals surface area contributed by atoms with Crippen molar-refractivity contribution >= 4 is 5.69 Å². The molecular formula is C16H17FN2O. The van der Waals surface area contributed by atoms with Gasteiger partial charge < -0.3 is 16.2 Å². The molecule has 0 aromatic heterocycles. The molecular weight excluding hydrogens is 255 g/mol. The Morgan fingerprint density at radius 1 is 1.25 bits per heavy atom. The van der Waals surface area contributed by atoms with Gasteiger partial charge in [-0.05, 0) is 35.7 Å². The Kier molecular flexibility index (Phi) is 3.32. The lowest BCUT2D eigenvalue weighted by atomic mass is 9.87. The van der Waals surface area contributed by atoms with Crippen LogP contribution in [0, 0.1) is 5.82 Å². The molecule has 1 aliphatic rings. The van der Waals surface area contributed by atoms with Crippen molar-refractivity contribution in [3.63, 3.8) is 0 Å². The molecule has 0 aliphatic carbocycles. The van der Waals surface area contributed by atoms with Gasteiger partial charge in [0.05, 0.1) is 0 Å². The number of hydrogen-bond acceptors (Lipinski definition) is 3. The van der Waals surface area contributed by atoms with E-state index < -0.39 is 5.82 Å². The van der Waals surface area contributed by atoms with Crippen molar-refractivity contribution in [3.8, 4) is 5.75 Å². The van der Waals surface area contributed by atoms with Gasteiger partial charge in [0.15, 0.2) is 5.82 Å². The summed E-state index contributed by atoms with van der Waals surface area (Å²) in [6.45, 7) is 1.43. The zero-order valence-electron chi connectivity index (χ0n) is 11.1. The maximum atomic E-state index is 14.3. The smallest absolute Gasteiger partial charge is 0.153 e. The summed E-state index contributed by atoms with van der Waals surface area (Å²) in [5.41, 5.74) is 7.98. The molecule has 0 fully saturated rings. The first-order chi connectivity index (χ1) is 9.68. The number of rotatable bonds is 1. The van der Waals surface area contributed by atoms with E-state index in [9.17, 15) is 9.50 Å². The third-order valence-corrected chi connectivity index (χ3v) is 3.90. The highest BCUT2D eigenvalue weighted by atomic mass is 19.1. The monoisotopic (exact) mass is 272 g/mol. The number of nitrogens with two attached hydrogens (primary N) is 1. The molecule has 1 heterocycles. The first-order valence-electron chi connectivity index (χ1n) is 6.74. The molecule has 0 bridgehead atoms. The van der Waals surface area contributed by atoms with Crippen LogP contribution in [-0.4, -0.2) is 18.2 Å². The summed E-state index contributed by atoms with van der Waals surface area (Å²) in [5, 5.41) is 13.1. The van der Waals surface area contributed by atoms with Crippen LogP contribution < -0.4 is 11.1 Å². The molecule has 1 atom stereocenters. The quantitative estimate of drug-likeness (QED) is 0.552. The molecule has 0 saturated carbocycles. The van der Waals surface area contributed by atoms with Gasteiger partial charge in [-0.15, -0.1) is 0 Å². The van der Waals surface area contributed by atoms with Crippen molar-refractivity contribution in [3.05, 3.63) is 58.9 Å². The van der Waals surface area contributed by atoms with Crippen LogP contribution in [0.15, 0.2) is 36.4 Å². The Balaban J connectivity index is 2.17. The fraction of sp³-hybridized carbons (Fsp3) is 0.250. The van der Waals surface area contributed by atoms with Crippen molar-refractivity contribution in [1.82, 2.24) is 5.32 Å². The number of anilines is 1. The Morgan fingerprint density at radius 2 is 2.00 bits per heavy atom. The Bertz CT molecular complexity index is 628. The molecule has 3 nitrogen and oxygen atoms in total. The van der Waals surface area contributed by atoms with E-state index in [1.54, 1.807) is 6.07 Å². The highest BCUT2D eigenvalue weighted by Gasteiger charge is 2.25. The van der Waals surface area contributed by atoms with Crippen LogP contribution in [0.1, 0.15) is 22.6 Å². The maximum absolute atomic E-state index is 14.3. The zero-order chi connectivity index (χ0) is 14.1. The van der Waals surface area contributed by atoms with E-state index in [1.165, 1.54) is 0 Å². The Hall–Kier alpha value is -2.07. The van der Waals surface area contributed by atoms with E-state index in [2.05, 4.69) is 5.32 Å². The van der Waals surface area contributed by atoms with Crippen molar-refractivity contribution in [2.24, 2.45) is 0 Å². The topological polar surface area (TPSA) is 58.3 Å². The first kappa shape index (κ1) is 12.9. The van der Waals surface area contributed by atoms with E-state index in [1.807, 2.05) is 30.3 Å². The minimum absolute atomic E-state index is 0.0229. The number of benzene rings is 2. The second-order valence-electron chi connectivity index (χ2n) is 5.11. The molecule has 0 radical (unpaired) electrons. The summed E-state index contributed by atoms with van der Waals surface area (Å²) >= 11 is 0. The summed E-state index contributed by atoms with van der Waals surface area (Å²) in [6, 6.07) is 11.5. The zero-order valence-corrected chi connectivity index (χ0v) is 11.1. The average Bonchev–Trinajstić information content (AvgIpc) is 2.68. The lowest BCUT2D eigenvalue weighted by molar-refractivity contribution is 0.470. The predicted octanol–water partition coefficient (Wildman–Crippen LogP) is 2.39. The van der Waals surface area contributed by atoms with Crippen LogP contribution in [0.5, 0.6) is 5.75 Å². The maximum Gasteiger partial charge on any atom is 0.153 e. The van der Waals surface area contributed by atoms with Gasteiger partial charge >= 0.3 is 0 Å². The molecule has 0 amide bonds. The van der Waals surface area contributed by atoms with Gasteiger partial charge in [-0.3, -0.25) is 0 Å². The van der Waals surface area contributed by atoms with Gasteiger partial charge in [0.2, 0.25) is 0 Å². The number of halogens is 1. The fourth-order valence-corrected chi connectivity index (χ4v) is 2.83. The summed E-state index contributed by atoms with van der Waals surface area (Å²) in [6.07, 6.45) is 0.578. The largest absolute Gasteiger partial charge is 0.506 e. The molecule has 3 rings (SSSR count). The van der Waals surface area contributed by atoms with Crippen LogP contribution in [0.4, 0.5) is 10.1 Å². The molecule has 0 saturated heterocycles. The molecule has 1 unspecified atom stereocenters. The molecule has 4 heteroatoms. The third kappa shape index (κ3) is 2.12. The Labute approximate surface area is 117 Å². The van der Waals surface area contributed by atoms with Crippen molar-refractivity contribution in [2.75, 3.05) is 18.8 Å². The van der Waals surface area contributed by atoms with Gasteiger partial charge in [-0.2, -0.15) is 0 Å². The lowest BCUT2D eigenvalue weighted by Crippen LogP contribution is -2.20. The third-order valence-electron chi connectivity index (χ3n) is 3.90. The highest BCUT2D eigenvalue weighted by molar-refractivity contribution is 5.59. The minimum Gasteiger partial charge on any atom is -0.506 e. The number of fused-ring (bicyclic) bond motifs is 1. The molecule has 2 aromatic carbocycles. The van der Waals surface area contributed by atoms with Crippen LogP contribution in [-0.2, 0) is 6.42 Å². The van der Waals surface area contributed by atoms with Crippen molar-refractivity contribution in [1.29, 1.82) is 0 Å². The number of phenolic OH excluding ortho intramolecular Hbond substituents is 1. The first-order valence-corrected chi connectivity index (χ1v) is 6.74. The van der Waals surface area contributed by atoms with Gasteiger partial charge in [-0.25, -0.2) is 4.39 Å². The highest BCUT2D eigenvalue weighted by Crippen LogP contribution is 2.36. The van der Waals surface area contributed by atoms with Gasteiger partial charge in [0, 0.05) is 12.5 Å². The summed E-state index contributed by atoms with van der Waals surface area (Å²) in [7, 11) is 0. The molecule has 1 aliphatic heterocycles. The molecule has 20 heavy (non-hydrogen) atoms. The SMILES string of the molecule is Nc1c(O)cc2c(c1F)CCNCC2c1ccccc1. The number of phenols is 1. The van der Waals surface area contributed by atoms with Gasteiger partial charge in [0.25, 0.3) is 0 Å². The number of nitrogens with one attached hydrogen (secondary N) is 1. The van der Waals surface area contributed by atoms with Crippen LogP contribution in [0.3, 0.4) is 0 Å². The van der Waals surface area contributed by atoms with Crippen LogP contribution >= 0.6 is 0 Å². The van der Waals surface area contributed by atoms with Crippen LogP contribution in [0.25, 0.3) is 0 Å². The number of aromatic hydroxyl groups is 1. The van der Waals surface area contributed by atoms with Crippen molar-refractivity contribution in [2.45, 2.75) is 12.3 Å². The molecule has 2 aromatic rings. The molecule has 0 spiro atoms. The summed E-state index contributed by atoms with van der Waals surface area (Å²) < 4.78 is 14.3. The minimum atomic E-state index is -0.482. The van der Waals surface area contributed by atoms with E-state index in [0.717, 1.165) is 17.7 Å². The average molecular weight is 272 g/mol. The van der Waals surface area contributed by atoms with Gasteiger partial charge in [-0.1, -0.05) is 30.3 Å². The molecule has 104 valence electrons. The van der Waals surface area contributed by atoms with E-state index in [-0.39, 0.29) is 17.4 Å². The van der Waals surface area contributed by atoms with E-state index in [0.29, 0.717) is 18.5 Å². The van der Waals surface area contributed by atoms with E-state index in [4.69, 9.17) is 5.73 Å². The van der Waals surface area contributed by atoms with Crippen molar-refractivity contribution < 1.29 is 9.50 Å².